The van der Waals surface area contributed by atoms with Gasteiger partial charge in [0.05, 0.1) is 0 Å². The molecule has 0 bridgehead atoms. The average Bonchev–Trinajstić information content (AvgIpc) is 2.35. The molecule has 0 saturated heterocycles. The fraction of sp³-hybridized carbons (Fsp3) is 0.533. The minimum Gasteiger partial charge on any atom is -0.299 e. The normalized spacial score (nSPS) is 14.4. The van der Waals surface area contributed by atoms with Crippen molar-refractivity contribution < 1.29 is 9.18 Å². The van der Waals surface area contributed by atoms with Gasteiger partial charge in [-0.25, -0.2) is 4.39 Å². The van der Waals surface area contributed by atoms with Crippen molar-refractivity contribution in [3.05, 3.63) is 35.6 Å². The molecule has 17 heavy (non-hydrogen) atoms. The largest absolute Gasteiger partial charge is 0.299 e. The number of benzene rings is 1. The lowest BCUT2D eigenvalue weighted by Crippen LogP contribution is -2.11. The standard InChI is InChI=1S/C15H21FO/c1-4-11(2)15(17)10-9-12(3)13-7-5-6-8-14(13)16/h5-8,11-12H,4,9-10H2,1-3H3. The Kier molecular flexibility index (Phi) is 5.33. The van der Waals surface area contributed by atoms with Crippen molar-refractivity contribution >= 4 is 5.78 Å². The molecule has 1 aromatic rings. The van der Waals surface area contributed by atoms with E-state index in [1.165, 1.54) is 6.07 Å². The smallest absolute Gasteiger partial charge is 0.135 e. The summed E-state index contributed by atoms with van der Waals surface area (Å²) in [5, 5.41) is 0. The van der Waals surface area contributed by atoms with Crippen LogP contribution in [-0.4, -0.2) is 5.78 Å². The van der Waals surface area contributed by atoms with Crippen LogP contribution in [0.5, 0.6) is 0 Å². The Morgan fingerprint density at radius 1 is 1.29 bits per heavy atom. The highest BCUT2D eigenvalue weighted by atomic mass is 19.1. The van der Waals surface area contributed by atoms with Crippen LogP contribution in [0.1, 0.15) is 51.5 Å². The van der Waals surface area contributed by atoms with Crippen LogP contribution in [0.4, 0.5) is 4.39 Å². The highest BCUT2D eigenvalue weighted by Crippen LogP contribution is 2.24. The molecule has 1 aromatic carbocycles. The predicted octanol–water partition coefficient (Wildman–Crippen LogP) is 4.32. The fourth-order valence-electron chi connectivity index (χ4n) is 1.86. The van der Waals surface area contributed by atoms with E-state index in [0.717, 1.165) is 12.8 Å². The van der Waals surface area contributed by atoms with Crippen molar-refractivity contribution in [2.45, 2.75) is 46.0 Å². The zero-order valence-electron chi connectivity index (χ0n) is 10.9. The lowest BCUT2D eigenvalue weighted by molar-refractivity contribution is -0.122. The number of carbonyl (C=O) groups is 1. The number of halogens is 1. The lowest BCUT2D eigenvalue weighted by Gasteiger charge is -2.13. The van der Waals surface area contributed by atoms with Crippen LogP contribution in [-0.2, 0) is 4.79 Å². The third-order valence-electron chi connectivity index (χ3n) is 3.42. The molecule has 2 heteroatoms. The summed E-state index contributed by atoms with van der Waals surface area (Å²) in [6.45, 7) is 5.95. The molecule has 0 amide bonds. The molecule has 2 unspecified atom stereocenters. The van der Waals surface area contributed by atoms with Gasteiger partial charge >= 0.3 is 0 Å². The maximum Gasteiger partial charge on any atom is 0.135 e. The number of ketones is 1. The van der Waals surface area contributed by atoms with Crippen molar-refractivity contribution in [1.29, 1.82) is 0 Å². The van der Waals surface area contributed by atoms with Gasteiger partial charge in [0.2, 0.25) is 0 Å². The molecule has 94 valence electrons. The summed E-state index contributed by atoms with van der Waals surface area (Å²) in [5.41, 5.74) is 0.712. The van der Waals surface area contributed by atoms with Gasteiger partial charge in [-0.15, -0.1) is 0 Å². The van der Waals surface area contributed by atoms with Crippen molar-refractivity contribution in [2.24, 2.45) is 5.92 Å². The van der Waals surface area contributed by atoms with Crippen LogP contribution in [0, 0.1) is 11.7 Å². The maximum atomic E-state index is 13.5. The minimum absolute atomic E-state index is 0.101. The second kappa shape index (κ2) is 6.53. The SMILES string of the molecule is CCC(C)C(=O)CCC(C)c1ccccc1F. The van der Waals surface area contributed by atoms with Gasteiger partial charge in [-0.1, -0.05) is 39.0 Å². The Bertz CT molecular complexity index is 373. The van der Waals surface area contributed by atoms with E-state index >= 15 is 0 Å². The van der Waals surface area contributed by atoms with Gasteiger partial charge in [0.15, 0.2) is 0 Å². The molecule has 0 N–H and O–H groups in total. The van der Waals surface area contributed by atoms with Gasteiger partial charge in [-0.2, -0.15) is 0 Å². The van der Waals surface area contributed by atoms with Crippen LogP contribution < -0.4 is 0 Å². The first-order valence-corrected chi connectivity index (χ1v) is 6.33. The van der Waals surface area contributed by atoms with Gasteiger partial charge in [0.25, 0.3) is 0 Å². The number of hydrogen-bond acceptors (Lipinski definition) is 1. The van der Waals surface area contributed by atoms with Crippen LogP contribution in [0.25, 0.3) is 0 Å². The molecule has 0 spiro atoms. The maximum absolute atomic E-state index is 13.5. The van der Waals surface area contributed by atoms with E-state index in [1.807, 2.05) is 26.8 Å². The van der Waals surface area contributed by atoms with Crippen molar-refractivity contribution in [3.63, 3.8) is 0 Å². The summed E-state index contributed by atoms with van der Waals surface area (Å²) < 4.78 is 13.5. The van der Waals surface area contributed by atoms with Crippen molar-refractivity contribution in [3.8, 4) is 0 Å². The monoisotopic (exact) mass is 236 g/mol. The Balaban J connectivity index is 2.53. The van der Waals surface area contributed by atoms with Crippen LogP contribution in [0.2, 0.25) is 0 Å². The predicted molar refractivity (Wildman–Crippen MR) is 68.5 cm³/mol. The van der Waals surface area contributed by atoms with E-state index in [2.05, 4.69) is 0 Å². The summed E-state index contributed by atoms with van der Waals surface area (Å²) in [5.74, 6) is 0.346. The first-order chi connectivity index (χ1) is 8.06. The first kappa shape index (κ1) is 13.9. The third-order valence-corrected chi connectivity index (χ3v) is 3.42. The quantitative estimate of drug-likeness (QED) is 0.718. The molecule has 0 aliphatic rings. The molecule has 0 aliphatic heterocycles. The summed E-state index contributed by atoms with van der Waals surface area (Å²) in [6, 6.07) is 6.80. The van der Waals surface area contributed by atoms with E-state index < -0.39 is 0 Å². The molecule has 0 heterocycles. The zero-order chi connectivity index (χ0) is 12.8. The van der Waals surface area contributed by atoms with Gasteiger partial charge in [-0.3, -0.25) is 4.79 Å². The van der Waals surface area contributed by atoms with Crippen molar-refractivity contribution in [1.82, 2.24) is 0 Å². The molecule has 1 nitrogen and oxygen atoms in total. The Morgan fingerprint density at radius 3 is 2.53 bits per heavy atom. The van der Waals surface area contributed by atoms with Crippen molar-refractivity contribution in [2.75, 3.05) is 0 Å². The Labute approximate surface area is 103 Å². The highest BCUT2D eigenvalue weighted by molar-refractivity contribution is 5.80. The van der Waals surface area contributed by atoms with Crippen LogP contribution in [0.15, 0.2) is 24.3 Å². The number of carbonyl (C=O) groups excluding carboxylic acids is 1. The second-order valence-electron chi connectivity index (χ2n) is 4.74. The molecule has 0 radical (unpaired) electrons. The fourth-order valence-corrected chi connectivity index (χ4v) is 1.86. The zero-order valence-corrected chi connectivity index (χ0v) is 10.9. The molecule has 0 fully saturated rings. The number of rotatable bonds is 6. The second-order valence-corrected chi connectivity index (χ2v) is 4.74. The minimum atomic E-state index is -0.170. The molecular weight excluding hydrogens is 215 g/mol. The van der Waals surface area contributed by atoms with Gasteiger partial charge in [0, 0.05) is 12.3 Å². The number of hydrogen-bond donors (Lipinski definition) is 0. The van der Waals surface area contributed by atoms with Gasteiger partial charge in [0.1, 0.15) is 11.6 Å². The number of Topliss-reactive ketones (excluding diaryl/α,β-unsaturated/α-hetero) is 1. The molecule has 0 saturated carbocycles. The van der Waals surface area contributed by atoms with E-state index in [0.29, 0.717) is 12.0 Å². The third kappa shape index (κ3) is 3.95. The van der Waals surface area contributed by atoms with E-state index in [4.69, 9.17) is 0 Å². The summed E-state index contributed by atoms with van der Waals surface area (Å²) in [6.07, 6.45) is 2.15. The van der Waals surface area contributed by atoms with Crippen LogP contribution in [0.3, 0.4) is 0 Å². The van der Waals surface area contributed by atoms with Crippen LogP contribution >= 0.6 is 0 Å². The Hall–Kier alpha value is -1.18. The summed E-state index contributed by atoms with van der Waals surface area (Å²) in [7, 11) is 0. The molecule has 0 aliphatic carbocycles. The van der Waals surface area contributed by atoms with E-state index in [1.54, 1.807) is 12.1 Å². The molecule has 0 aromatic heterocycles. The molecular formula is C15H21FO. The Morgan fingerprint density at radius 2 is 1.94 bits per heavy atom. The summed E-state index contributed by atoms with van der Waals surface area (Å²) in [4.78, 5) is 11.7. The van der Waals surface area contributed by atoms with Gasteiger partial charge in [-0.05, 0) is 30.4 Å². The first-order valence-electron chi connectivity index (χ1n) is 6.33. The lowest BCUT2D eigenvalue weighted by atomic mass is 9.91. The molecule has 1 rings (SSSR count). The summed E-state index contributed by atoms with van der Waals surface area (Å²) >= 11 is 0. The van der Waals surface area contributed by atoms with E-state index in [9.17, 15) is 9.18 Å². The van der Waals surface area contributed by atoms with E-state index in [-0.39, 0.29) is 23.4 Å². The highest BCUT2D eigenvalue weighted by Gasteiger charge is 2.15. The topological polar surface area (TPSA) is 17.1 Å². The van der Waals surface area contributed by atoms with Gasteiger partial charge < -0.3 is 0 Å². The molecule has 2 atom stereocenters. The average molecular weight is 236 g/mol.